The lowest BCUT2D eigenvalue weighted by molar-refractivity contribution is -0.137. The number of amides is 1. The molecule has 2 saturated heterocycles. The van der Waals surface area contributed by atoms with Gasteiger partial charge < -0.3 is 20.4 Å². The van der Waals surface area contributed by atoms with Crippen LogP contribution < -0.4 is 15.5 Å². The number of alkyl halides is 3. The molecule has 46 heavy (non-hydrogen) atoms. The Morgan fingerprint density at radius 1 is 0.826 bits per heavy atom. The Kier molecular flexibility index (Phi) is 8.17. The van der Waals surface area contributed by atoms with Gasteiger partial charge in [-0.15, -0.1) is 0 Å². The monoisotopic (exact) mass is 672 g/mol. The molecule has 2 atom stereocenters. The highest BCUT2D eigenvalue weighted by Gasteiger charge is 2.42. The van der Waals surface area contributed by atoms with Crippen molar-refractivity contribution in [1.82, 2.24) is 14.9 Å². The van der Waals surface area contributed by atoms with Crippen LogP contribution in [0.3, 0.4) is 0 Å². The highest BCUT2D eigenvalue weighted by molar-refractivity contribution is 7.22. The number of anilines is 3. The van der Waals surface area contributed by atoms with E-state index in [4.69, 9.17) is 0 Å². The number of hydrogen-bond donors (Lipinski definition) is 2. The van der Waals surface area contributed by atoms with E-state index in [0.717, 1.165) is 9.40 Å². The number of hydrogen-bond acceptors (Lipinski definition) is 8. The first kappa shape index (κ1) is 30.6. The molecule has 240 valence electrons. The fourth-order valence-electron chi connectivity index (χ4n) is 6.26. The smallest absolute Gasteiger partial charge is 0.371 e. The second-order valence-electron chi connectivity index (χ2n) is 11.7. The molecule has 1 amide bonds. The van der Waals surface area contributed by atoms with Gasteiger partial charge in [-0.3, -0.25) is 4.79 Å². The van der Waals surface area contributed by atoms with Gasteiger partial charge in [-0.1, -0.05) is 28.7 Å². The van der Waals surface area contributed by atoms with Crippen LogP contribution in [0, 0.1) is 23.5 Å². The average Bonchev–Trinajstić information content (AvgIpc) is 3.83. The summed E-state index contributed by atoms with van der Waals surface area (Å²) < 4.78 is 72.4. The summed E-state index contributed by atoms with van der Waals surface area (Å²) in [5, 5.41) is 7.78. The molecule has 5 aromatic rings. The van der Waals surface area contributed by atoms with Gasteiger partial charge in [-0.2, -0.15) is 13.2 Å². The zero-order chi connectivity index (χ0) is 32.0. The van der Waals surface area contributed by atoms with E-state index in [9.17, 15) is 26.7 Å². The molecule has 2 aliphatic rings. The van der Waals surface area contributed by atoms with E-state index in [0.29, 0.717) is 73.4 Å². The summed E-state index contributed by atoms with van der Waals surface area (Å²) in [7, 11) is 0. The van der Waals surface area contributed by atoms with E-state index < -0.39 is 17.6 Å². The number of halogens is 5. The lowest BCUT2D eigenvalue weighted by atomic mass is 10.0. The van der Waals surface area contributed by atoms with Crippen LogP contribution in [0.5, 0.6) is 0 Å². The summed E-state index contributed by atoms with van der Waals surface area (Å²) in [6.07, 6.45) is -3.41. The van der Waals surface area contributed by atoms with Crippen molar-refractivity contribution >= 4 is 65.0 Å². The van der Waals surface area contributed by atoms with E-state index in [-0.39, 0.29) is 34.7 Å². The third-order valence-electron chi connectivity index (χ3n) is 8.54. The molecule has 7 nitrogen and oxygen atoms in total. The second kappa shape index (κ2) is 12.3. The molecule has 4 heterocycles. The lowest BCUT2D eigenvalue weighted by Gasteiger charge is -2.26. The highest BCUT2D eigenvalue weighted by Crippen LogP contribution is 2.41. The maximum absolute atomic E-state index is 14.6. The Morgan fingerprint density at radius 2 is 1.41 bits per heavy atom. The Hall–Kier alpha value is -4.04. The molecule has 3 aromatic carbocycles. The summed E-state index contributed by atoms with van der Waals surface area (Å²) in [4.78, 5) is 25.7. The maximum atomic E-state index is 14.6. The van der Waals surface area contributed by atoms with Gasteiger partial charge in [0.05, 0.1) is 31.6 Å². The van der Waals surface area contributed by atoms with Gasteiger partial charge in [0.15, 0.2) is 10.3 Å². The summed E-state index contributed by atoms with van der Waals surface area (Å²) in [5.41, 5.74) is 0.148. The molecule has 0 saturated carbocycles. The van der Waals surface area contributed by atoms with Crippen LogP contribution in [-0.2, 0) is 6.18 Å². The molecule has 0 bridgehead atoms. The fraction of sp³-hybridized carbons (Fsp3) is 0.344. The number of benzene rings is 3. The van der Waals surface area contributed by atoms with Crippen LogP contribution in [-0.4, -0.2) is 60.0 Å². The van der Waals surface area contributed by atoms with Crippen molar-refractivity contribution in [3.05, 3.63) is 77.4 Å². The summed E-state index contributed by atoms with van der Waals surface area (Å²) in [5.74, 6) is -1.21. The first-order chi connectivity index (χ1) is 22.1. The molecule has 2 N–H and O–H groups in total. The minimum Gasteiger partial charge on any atom is -0.371 e. The predicted octanol–water partition coefficient (Wildman–Crippen LogP) is 7.72. The molecule has 7 rings (SSSR count). The van der Waals surface area contributed by atoms with Gasteiger partial charge in [-0.05, 0) is 73.2 Å². The molecule has 2 aliphatic heterocycles. The number of aromatic nitrogens is 2. The van der Waals surface area contributed by atoms with Crippen LogP contribution in [0.4, 0.5) is 37.9 Å². The van der Waals surface area contributed by atoms with Crippen LogP contribution >= 0.6 is 22.7 Å². The van der Waals surface area contributed by atoms with Gasteiger partial charge in [0, 0.05) is 45.0 Å². The number of carbonyl (C=O) groups is 1. The first-order valence-electron chi connectivity index (χ1n) is 14.9. The molecular formula is C32H29F5N6OS2. The van der Waals surface area contributed by atoms with E-state index in [1.54, 1.807) is 17.0 Å². The molecule has 0 unspecified atom stereocenters. The Bertz CT molecular complexity index is 1910. The fourth-order valence-corrected chi connectivity index (χ4v) is 8.06. The molecule has 2 aromatic heterocycles. The quantitative estimate of drug-likeness (QED) is 0.165. The maximum Gasteiger partial charge on any atom is 0.419 e. The number of thiazole rings is 2. The van der Waals surface area contributed by atoms with Crippen molar-refractivity contribution < 1.29 is 26.7 Å². The second-order valence-corrected chi connectivity index (χ2v) is 13.8. The van der Waals surface area contributed by atoms with Crippen molar-refractivity contribution in [1.29, 1.82) is 0 Å². The van der Waals surface area contributed by atoms with E-state index in [1.807, 2.05) is 0 Å². The zero-order valence-electron chi connectivity index (χ0n) is 24.4. The predicted molar refractivity (Wildman–Crippen MR) is 172 cm³/mol. The summed E-state index contributed by atoms with van der Waals surface area (Å²) in [6.45, 7) is 2.50. The van der Waals surface area contributed by atoms with E-state index >= 15 is 0 Å². The Labute approximate surface area is 269 Å². The van der Waals surface area contributed by atoms with Gasteiger partial charge in [0.25, 0.3) is 5.91 Å². The average molecular weight is 673 g/mol. The number of fused-ring (bicyclic) bond motifs is 2. The summed E-state index contributed by atoms with van der Waals surface area (Å²) >= 11 is 2.66. The minimum atomic E-state index is -4.72. The van der Waals surface area contributed by atoms with Gasteiger partial charge >= 0.3 is 6.18 Å². The Morgan fingerprint density at radius 3 is 2.02 bits per heavy atom. The molecular weight excluding hydrogens is 644 g/mol. The van der Waals surface area contributed by atoms with Crippen molar-refractivity contribution in [2.24, 2.45) is 11.8 Å². The van der Waals surface area contributed by atoms with Crippen LogP contribution in [0.25, 0.3) is 20.4 Å². The normalized spacial score (nSPS) is 18.6. The Balaban J connectivity index is 1.00. The van der Waals surface area contributed by atoms with Crippen molar-refractivity contribution in [3.63, 3.8) is 0 Å². The first-order valence-corrected chi connectivity index (χ1v) is 16.6. The highest BCUT2D eigenvalue weighted by atomic mass is 32.1. The number of nitrogens with one attached hydrogen (secondary N) is 2. The molecule has 0 aliphatic carbocycles. The van der Waals surface area contributed by atoms with Crippen molar-refractivity contribution in [3.8, 4) is 0 Å². The largest absolute Gasteiger partial charge is 0.419 e. The standard InChI is InChI=1S/C32H29F5N6OS2/c33-20-4-6-23-26(12-20)45-30(40-23)38-14-18-8-10-42(16-18)25-3-1-2-22(28(25)32(35,36)37)29(44)43-11-9-19(17-43)15-39-31-41-24-7-5-21(34)13-27(24)46-31/h1-7,12-13,18-19H,8-11,14-17H2,(H,38,40)(H,39,41)/t18-,19-/m0/s1. The van der Waals surface area contributed by atoms with Crippen LogP contribution in [0.15, 0.2) is 54.6 Å². The van der Waals surface area contributed by atoms with E-state index in [2.05, 4.69) is 20.6 Å². The molecule has 14 heteroatoms. The number of likely N-dealkylation sites (tertiary alicyclic amines) is 1. The zero-order valence-corrected chi connectivity index (χ0v) is 26.0. The van der Waals surface area contributed by atoms with Crippen LogP contribution in [0.1, 0.15) is 28.8 Å². The number of rotatable bonds is 8. The molecule has 0 spiro atoms. The molecule has 0 radical (unpaired) electrons. The van der Waals surface area contributed by atoms with Crippen LogP contribution in [0.2, 0.25) is 0 Å². The van der Waals surface area contributed by atoms with Gasteiger partial charge in [-0.25, -0.2) is 18.7 Å². The third kappa shape index (κ3) is 6.32. The SMILES string of the molecule is O=C(c1cccc(N2CC[C@@H](CNc3nc4ccc(F)cc4s3)C2)c1C(F)(F)F)N1CC[C@@H](CNc2nc3ccc(F)cc3s2)C1. The van der Waals surface area contributed by atoms with Gasteiger partial charge in [0.2, 0.25) is 0 Å². The van der Waals surface area contributed by atoms with Crippen molar-refractivity contribution in [2.45, 2.75) is 19.0 Å². The van der Waals surface area contributed by atoms with E-state index in [1.165, 1.54) is 70.0 Å². The lowest BCUT2D eigenvalue weighted by Crippen LogP contribution is -2.33. The van der Waals surface area contributed by atoms with Crippen molar-refractivity contribution in [2.75, 3.05) is 54.8 Å². The molecule has 2 fully saturated rings. The minimum absolute atomic E-state index is 0.0148. The van der Waals surface area contributed by atoms with Gasteiger partial charge in [0.1, 0.15) is 11.6 Å². The number of nitrogens with zero attached hydrogens (tertiary/aromatic N) is 4. The topological polar surface area (TPSA) is 73.4 Å². The number of carbonyl (C=O) groups excluding carboxylic acids is 1. The third-order valence-corrected chi connectivity index (χ3v) is 10.5. The summed E-state index contributed by atoms with van der Waals surface area (Å²) in [6, 6.07) is 13.0.